The molecule has 1 aromatic heterocycles. The molecule has 0 aliphatic rings. The Morgan fingerprint density at radius 2 is 2.06 bits per heavy atom. The maximum atomic E-state index is 12.0. The van der Waals surface area contributed by atoms with Gasteiger partial charge in [-0.3, -0.25) is 9.59 Å². The van der Waals surface area contributed by atoms with Gasteiger partial charge in [-0.25, -0.2) is 0 Å². The molecule has 1 aromatic rings. The molecule has 0 saturated heterocycles. The lowest BCUT2D eigenvalue weighted by Gasteiger charge is -2.01. The van der Waals surface area contributed by atoms with Crippen LogP contribution in [-0.4, -0.2) is 10.8 Å². The van der Waals surface area contributed by atoms with E-state index in [1.54, 1.807) is 24.4 Å². The second-order valence-electron chi connectivity index (χ2n) is 3.81. The molecule has 3 heteroatoms. The summed E-state index contributed by atoms with van der Waals surface area (Å²) in [4.78, 5) is 25.5. The lowest BCUT2D eigenvalue weighted by atomic mass is 10.0. The van der Waals surface area contributed by atoms with Crippen LogP contribution in [0.25, 0.3) is 0 Å². The molecule has 0 unspecified atom stereocenters. The Kier molecular flexibility index (Phi) is 5.58. The van der Waals surface area contributed by atoms with Gasteiger partial charge >= 0.3 is 0 Å². The van der Waals surface area contributed by atoms with Gasteiger partial charge < -0.3 is 4.98 Å². The van der Waals surface area contributed by atoms with Gasteiger partial charge in [0.05, 0.1) is 0 Å². The Morgan fingerprint density at radius 1 is 1.28 bits per heavy atom. The Hall–Kier alpha value is -2.16. The van der Waals surface area contributed by atoms with Gasteiger partial charge in [0, 0.05) is 24.3 Å². The van der Waals surface area contributed by atoms with E-state index in [4.69, 9.17) is 0 Å². The first-order chi connectivity index (χ1) is 8.67. The minimum Gasteiger partial charge on any atom is -0.329 e. The van der Waals surface area contributed by atoms with Crippen molar-refractivity contribution in [3.8, 4) is 0 Å². The number of ketones is 1. The van der Waals surface area contributed by atoms with E-state index < -0.39 is 0 Å². The van der Waals surface area contributed by atoms with Crippen molar-refractivity contribution in [3.63, 3.8) is 0 Å². The molecule has 0 bridgehead atoms. The van der Waals surface area contributed by atoms with E-state index in [0.717, 1.165) is 5.56 Å². The molecular formula is C15H17NO2. The van der Waals surface area contributed by atoms with Gasteiger partial charge in [-0.05, 0) is 19.4 Å². The molecule has 3 nitrogen and oxygen atoms in total. The molecule has 0 amide bonds. The van der Waals surface area contributed by atoms with Crippen LogP contribution in [0.1, 0.15) is 19.4 Å². The zero-order chi connectivity index (χ0) is 13.4. The highest BCUT2D eigenvalue weighted by Gasteiger charge is 2.07. The third kappa shape index (κ3) is 4.37. The predicted octanol–water partition coefficient (Wildman–Crippen LogP) is 2.57. The van der Waals surface area contributed by atoms with Crippen LogP contribution in [0.2, 0.25) is 0 Å². The van der Waals surface area contributed by atoms with Crippen LogP contribution < -0.4 is 5.56 Å². The molecular weight excluding hydrogens is 226 g/mol. The van der Waals surface area contributed by atoms with E-state index in [0.29, 0.717) is 5.57 Å². The van der Waals surface area contributed by atoms with Gasteiger partial charge in [-0.1, -0.05) is 36.4 Å². The van der Waals surface area contributed by atoms with Crippen molar-refractivity contribution < 1.29 is 4.79 Å². The largest absolute Gasteiger partial charge is 0.329 e. The third-order valence-corrected chi connectivity index (χ3v) is 2.35. The number of aromatic nitrogens is 1. The highest BCUT2D eigenvalue weighted by Crippen LogP contribution is 2.06. The maximum Gasteiger partial charge on any atom is 0.247 e. The zero-order valence-corrected chi connectivity index (χ0v) is 10.6. The number of nitrogens with one attached hydrogen (secondary N) is 1. The lowest BCUT2D eigenvalue weighted by molar-refractivity contribution is -0.114. The molecule has 0 saturated carbocycles. The Bertz CT molecular complexity index is 527. The molecule has 0 atom stereocenters. The molecule has 1 N–H and O–H groups in total. The summed E-state index contributed by atoms with van der Waals surface area (Å²) in [6.07, 6.45) is 11.0. The summed E-state index contributed by atoms with van der Waals surface area (Å²) in [5.41, 5.74) is 1.29. The van der Waals surface area contributed by atoms with Crippen molar-refractivity contribution in [1.82, 2.24) is 4.98 Å². The Morgan fingerprint density at radius 3 is 2.61 bits per heavy atom. The maximum absolute atomic E-state index is 12.0. The van der Waals surface area contributed by atoms with Gasteiger partial charge in [-0.15, -0.1) is 0 Å². The van der Waals surface area contributed by atoms with E-state index in [2.05, 4.69) is 4.98 Å². The summed E-state index contributed by atoms with van der Waals surface area (Å²) in [5, 5.41) is 0. The number of hydrogen-bond acceptors (Lipinski definition) is 2. The third-order valence-electron chi connectivity index (χ3n) is 2.35. The average Bonchev–Trinajstić information content (AvgIpc) is 2.37. The topological polar surface area (TPSA) is 49.9 Å². The molecule has 0 spiro atoms. The van der Waals surface area contributed by atoms with Gasteiger partial charge in [-0.2, -0.15) is 0 Å². The highest BCUT2D eigenvalue weighted by molar-refractivity contribution is 5.99. The Labute approximate surface area is 107 Å². The standard InChI is InChI=1S/C15H17NO2/c1-3-5-7-13(6-4-2)14(17)10-12-8-9-15(18)16-11-12/h3-9,11H,10H2,1-2H3,(H,16,18)/b5-3-,6-4-,13-7+. The molecule has 0 aliphatic heterocycles. The monoisotopic (exact) mass is 243 g/mol. The van der Waals surface area contributed by atoms with Crippen molar-refractivity contribution in [2.24, 2.45) is 0 Å². The van der Waals surface area contributed by atoms with E-state index in [9.17, 15) is 9.59 Å². The van der Waals surface area contributed by atoms with Crippen LogP contribution in [0.3, 0.4) is 0 Å². The minimum atomic E-state index is -0.163. The average molecular weight is 243 g/mol. The molecule has 94 valence electrons. The minimum absolute atomic E-state index is 0.0262. The SMILES string of the molecule is C\C=C/C=C(\C=C/C)C(=O)Cc1ccc(=O)[nH]c1. The van der Waals surface area contributed by atoms with Crippen LogP contribution in [-0.2, 0) is 11.2 Å². The summed E-state index contributed by atoms with van der Waals surface area (Å²) >= 11 is 0. The number of aromatic amines is 1. The number of carbonyl (C=O) groups is 1. The molecule has 18 heavy (non-hydrogen) atoms. The fourth-order valence-corrected chi connectivity index (χ4v) is 1.46. The first kappa shape index (κ1) is 13.9. The normalized spacial score (nSPS) is 12.4. The number of H-pyrrole nitrogens is 1. The number of pyridine rings is 1. The summed E-state index contributed by atoms with van der Waals surface area (Å²) in [6, 6.07) is 3.09. The van der Waals surface area contributed by atoms with Gasteiger partial charge in [0.15, 0.2) is 5.78 Å². The van der Waals surface area contributed by atoms with Crippen molar-refractivity contribution >= 4 is 5.78 Å². The first-order valence-electron chi connectivity index (χ1n) is 5.84. The number of carbonyl (C=O) groups excluding carboxylic acids is 1. The van der Waals surface area contributed by atoms with Crippen molar-refractivity contribution in [2.45, 2.75) is 20.3 Å². The lowest BCUT2D eigenvalue weighted by Crippen LogP contribution is -2.08. The van der Waals surface area contributed by atoms with Crippen molar-refractivity contribution in [2.75, 3.05) is 0 Å². The van der Waals surface area contributed by atoms with Gasteiger partial charge in [0.1, 0.15) is 0 Å². The molecule has 0 fully saturated rings. The van der Waals surface area contributed by atoms with Crippen LogP contribution >= 0.6 is 0 Å². The fraction of sp³-hybridized carbons (Fsp3) is 0.200. The summed E-state index contributed by atoms with van der Waals surface area (Å²) < 4.78 is 0. The molecule has 0 aromatic carbocycles. The number of rotatable bonds is 5. The number of Topliss-reactive ketones (excluding diaryl/α,β-unsaturated/α-hetero) is 1. The van der Waals surface area contributed by atoms with Crippen molar-refractivity contribution in [1.29, 1.82) is 0 Å². The van der Waals surface area contributed by atoms with Crippen molar-refractivity contribution in [3.05, 3.63) is 70.2 Å². The quantitative estimate of drug-likeness (QED) is 0.638. The van der Waals surface area contributed by atoms with E-state index >= 15 is 0 Å². The van der Waals surface area contributed by atoms with Gasteiger partial charge in [0.25, 0.3) is 0 Å². The molecule has 1 rings (SSSR count). The molecule has 1 heterocycles. The second kappa shape index (κ2) is 7.22. The van der Waals surface area contributed by atoms with Crippen LogP contribution in [0.5, 0.6) is 0 Å². The van der Waals surface area contributed by atoms with Crippen LogP contribution in [0.4, 0.5) is 0 Å². The van der Waals surface area contributed by atoms with E-state index in [1.165, 1.54) is 6.07 Å². The first-order valence-corrected chi connectivity index (χ1v) is 5.84. The summed E-state index contributed by atoms with van der Waals surface area (Å²) in [6.45, 7) is 3.77. The van der Waals surface area contributed by atoms with E-state index in [1.807, 2.05) is 32.1 Å². The predicted molar refractivity (Wildman–Crippen MR) is 73.5 cm³/mol. The number of allylic oxidation sites excluding steroid dienone is 6. The molecule has 0 radical (unpaired) electrons. The number of hydrogen-bond donors (Lipinski definition) is 1. The van der Waals surface area contributed by atoms with Crippen LogP contribution in [0, 0.1) is 0 Å². The van der Waals surface area contributed by atoms with E-state index in [-0.39, 0.29) is 17.8 Å². The van der Waals surface area contributed by atoms with Gasteiger partial charge in [0.2, 0.25) is 5.56 Å². The summed E-state index contributed by atoms with van der Waals surface area (Å²) in [5.74, 6) is 0.0262. The fourth-order valence-electron chi connectivity index (χ4n) is 1.46. The Balaban J connectivity index is 2.85. The molecule has 0 aliphatic carbocycles. The smallest absolute Gasteiger partial charge is 0.247 e. The zero-order valence-electron chi connectivity index (χ0n) is 10.6. The highest BCUT2D eigenvalue weighted by atomic mass is 16.1. The second-order valence-corrected chi connectivity index (χ2v) is 3.81. The van der Waals surface area contributed by atoms with Crippen LogP contribution in [0.15, 0.2) is 59.1 Å². The summed E-state index contributed by atoms with van der Waals surface area (Å²) in [7, 11) is 0.